The first-order valence-electron chi connectivity index (χ1n) is 10.8. The van der Waals surface area contributed by atoms with Gasteiger partial charge < -0.3 is 5.32 Å². The molecule has 0 saturated carbocycles. The van der Waals surface area contributed by atoms with Crippen molar-refractivity contribution in [2.45, 2.75) is 26.2 Å². The van der Waals surface area contributed by atoms with Crippen LogP contribution in [0.4, 0.5) is 14.5 Å². The van der Waals surface area contributed by atoms with Gasteiger partial charge in [0, 0.05) is 12.2 Å². The van der Waals surface area contributed by atoms with Crippen LogP contribution in [0.2, 0.25) is 0 Å². The molecule has 0 aliphatic carbocycles. The largest absolute Gasteiger partial charge is 0.350 e. The Kier molecular flexibility index (Phi) is 6.36. The van der Waals surface area contributed by atoms with Gasteiger partial charge in [-0.1, -0.05) is 50.2 Å². The molecule has 0 radical (unpaired) electrons. The highest BCUT2D eigenvalue weighted by Gasteiger charge is 2.39. The van der Waals surface area contributed by atoms with Crippen LogP contribution in [0.25, 0.3) is 5.57 Å². The van der Waals surface area contributed by atoms with Crippen LogP contribution in [0.1, 0.15) is 36.5 Å². The molecule has 2 amide bonds. The lowest BCUT2D eigenvalue weighted by Gasteiger charge is -2.15. The molecule has 0 bridgehead atoms. The smallest absolute Gasteiger partial charge is 0.278 e. The second kappa shape index (κ2) is 9.36. The van der Waals surface area contributed by atoms with Crippen LogP contribution in [0, 0.1) is 11.6 Å². The standard InChI is InChI=1S/C27H24F2N2O2/c1-17(2)19-7-13-23(14-8-19)30-25-24(20-5-11-22(29)12-6-20)26(32)31(27(25)33)16-15-18-3-9-21(28)10-4-18/h3-14,17,30H,15-16H2,1-2H3. The van der Waals surface area contributed by atoms with Crippen LogP contribution in [0.5, 0.6) is 0 Å². The summed E-state index contributed by atoms with van der Waals surface area (Å²) in [5.74, 6) is -1.31. The van der Waals surface area contributed by atoms with Crippen LogP contribution in [-0.2, 0) is 16.0 Å². The highest BCUT2D eigenvalue weighted by Crippen LogP contribution is 2.31. The SMILES string of the molecule is CC(C)c1ccc(NC2=C(c3ccc(F)cc3)C(=O)N(CCc3ccc(F)cc3)C2=O)cc1. The van der Waals surface area contributed by atoms with E-state index in [4.69, 9.17) is 0 Å². The maximum Gasteiger partial charge on any atom is 0.278 e. The van der Waals surface area contributed by atoms with Gasteiger partial charge in [0.05, 0.1) is 5.57 Å². The second-order valence-electron chi connectivity index (χ2n) is 8.30. The average molecular weight is 446 g/mol. The molecular formula is C27H24F2N2O2. The van der Waals surface area contributed by atoms with E-state index < -0.39 is 17.6 Å². The highest BCUT2D eigenvalue weighted by atomic mass is 19.1. The van der Waals surface area contributed by atoms with Gasteiger partial charge in [-0.15, -0.1) is 0 Å². The number of anilines is 1. The van der Waals surface area contributed by atoms with Crippen molar-refractivity contribution in [3.63, 3.8) is 0 Å². The van der Waals surface area contributed by atoms with Gasteiger partial charge in [0.2, 0.25) is 0 Å². The quantitative estimate of drug-likeness (QED) is 0.486. The first-order chi connectivity index (χ1) is 15.8. The molecule has 3 aromatic carbocycles. The molecule has 0 saturated heterocycles. The molecule has 0 aromatic heterocycles. The van der Waals surface area contributed by atoms with Gasteiger partial charge in [-0.3, -0.25) is 14.5 Å². The van der Waals surface area contributed by atoms with Crippen molar-refractivity contribution in [2.24, 2.45) is 0 Å². The number of imide groups is 1. The number of amides is 2. The maximum atomic E-state index is 13.5. The van der Waals surface area contributed by atoms with Crippen LogP contribution >= 0.6 is 0 Å². The number of halogens is 2. The minimum atomic E-state index is -0.450. The lowest BCUT2D eigenvalue weighted by atomic mass is 10.0. The molecule has 0 fully saturated rings. The van der Waals surface area contributed by atoms with E-state index in [1.165, 1.54) is 41.3 Å². The molecule has 1 aliphatic rings. The molecule has 3 aromatic rings. The predicted octanol–water partition coefficient (Wildman–Crippen LogP) is 5.52. The van der Waals surface area contributed by atoms with E-state index >= 15 is 0 Å². The molecule has 4 nitrogen and oxygen atoms in total. The highest BCUT2D eigenvalue weighted by molar-refractivity contribution is 6.36. The van der Waals surface area contributed by atoms with Crippen LogP contribution < -0.4 is 5.32 Å². The van der Waals surface area contributed by atoms with E-state index in [0.29, 0.717) is 23.6 Å². The molecule has 0 atom stereocenters. The number of rotatable bonds is 7. The fourth-order valence-electron chi connectivity index (χ4n) is 3.77. The Morgan fingerprint density at radius 1 is 0.788 bits per heavy atom. The Labute approximate surface area is 191 Å². The van der Waals surface area contributed by atoms with E-state index in [-0.39, 0.29) is 23.6 Å². The number of carbonyl (C=O) groups is 2. The van der Waals surface area contributed by atoms with Crippen molar-refractivity contribution in [1.29, 1.82) is 0 Å². The summed E-state index contributed by atoms with van der Waals surface area (Å²) in [7, 11) is 0. The average Bonchev–Trinajstić information content (AvgIpc) is 3.03. The predicted molar refractivity (Wildman–Crippen MR) is 124 cm³/mol. The Hall–Kier alpha value is -3.80. The summed E-state index contributed by atoms with van der Waals surface area (Å²) in [5, 5.41) is 3.11. The normalized spacial score (nSPS) is 13.9. The van der Waals surface area contributed by atoms with Crippen LogP contribution in [0.3, 0.4) is 0 Å². The van der Waals surface area contributed by atoms with Crippen molar-refractivity contribution in [2.75, 3.05) is 11.9 Å². The van der Waals surface area contributed by atoms with Gasteiger partial charge >= 0.3 is 0 Å². The second-order valence-corrected chi connectivity index (χ2v) is 8.30. The van der Waals surface area contributed by atoms with Crippen molar-refractivity contribution < 1.29 is 18.4 Å². The third-order valence-corrected chi connectivity index (χ3v) is 5.68. The molecule has 1 N–H and O–H groups in total. The first-order valence-corrected chi connectivity index (χ1v) is 10.8. The summed E-state index contributed by atoms with van der Waals surface area (Å²) < 4.78 is 26.7. The number of hydrogen-bond acceptors (Lipinski definition) is 3. The monoisotopic (exact) mass is 446 g/mol. The maximum absolute atomic E-state index is 13.5. The zero-order valence-electron chi connectivity index (χ0n) is 18.4. The van der Waals surface area contributed by atoms with Crippen LogP contribution in [0.15, 0.2) is 78.5 Å². The topological polar surface area (TPSA) is 49.4 Å². The zero-order chi connectivity index (χ0) is 23.5. The number of benzene rings is 3. The third kappa shape index (κ3) is 4.85. The fraction of sp³-hybridized carbons (Fsp3) is 0.185. The Morgan fingerprint density at radius 3 is 1.94 bits per heavy atom. The van der Waals surface area contributed by atoms with Gasteiger partial charge in [0.25, 0.3) is 11.8 Å². The number of nitrogens with zero attached hydrogens (tertiary/aromatic N) is 1. The van der Waals surface area contributed by atoms with Crippen molar-refractivity contribution in [3.05, 3.63) is 107 Å². The molecule has 1 heterocycles. The zero-order valence-corrected chi connectivity index (χ0v) is 18.4. The molecule has 0 spiro atoms. The van der Waals surface area contributed by atoms with Crippen molar-refractivity contribution in [3.8, 4) is 0 Å². The number of nitrogens with one attached hydrogen (secondary N) is 1. The van der Waals surface area contributed by atoms with Gasteiger partial charge in [0.1, 0.15) is 17.3 Å². The fourth-order valence-corrected chi connectivity index (χ4v) is 3.77. The third-order valence-electron chi connectivity index (χ3n) is 5.68. The Balaban J connectivity index is 1.63. The van der Waals surface area contributed by atoms with E-state index in [9.17, 15) is 18.4 Å². The molecule has 6 heteroatoms. The minimum Gasteiger partial charge on any atom is -0.350 e. The van der Waals surface area contributed by atoms with E-state index in [2.05, 4.69) is 19.2 Å². The van der Waals surface area contributed by atoms with Gasteiger partial charge in [-0.05, 0) is 65.4 Å². The summed E-state index contributed by atoms with van der Waals surface area (Å²) in [6.07, 6.45) is 0.394. The van der Waals surface area contributed by atoms with Crippen molar-refractivity contribution in [1.82, 2.24) is 4.90 Å². The minimum absolute atomic E-state index is 0.144. The summed E-state index contributed by atoms with van der Waals surface area (Å²) in [5.41, 5.74) is 3.46. The molecule has 1 aliphatic heterocycles. The lowest BCUT2D eigenvalue weighted by molar-refractivity contribution is -0.136. The molecule has 4 rings (SSSR count). The molecular weight excluding hydrogens is 422 g/mol. The molecule has 0 unspecified atom stereocenters. The summed E-state index contributed by atoms with van der Waals surface area (Å²) in [6, 6.07) is 19.1. The summed E-state index contributed by atoms with van der Waals surface area (Å²) >= 11 is 0. The van der Waals surface area contributed by atoms with Gasteiger partial charge in [-0.25, -0.2) is 8.78 Å². The summed E-state index contributed by atoms with van der Waals surface area (Å²) in [6.45, 7) is 4.33. The number of hydrogen-bond donors (Lipinski definition) is 1. The van der Waals surface area contributed by atoms with E-state index in [0.717, 1.165) is 11.1 Å². The van der Waals surface area contributed by atoms with E-state index in [1.807, 2.05) is 24.3 Å². The summed E-state index contributed by atoms with van der Waals surface area (Å²) in [4.78, 5) is 27.7. The van der Waals surface area contributed by atoms with E-state index in [1.54, 1.807) is 12.1 Å². The molecule has 168 valence electrons. The van der Waals surface area contributed by atoms with Gasteiger partial charge in [-0.2, -0.15) is 0 Å². The van der Waals surface area contributed by atoms with Crippen LogP contribution in [-0.4, -0.2) is 23.3 Å². The Morgan fingerprint density at radius 2 is 1.36 bits per heavy atom. The van der Waals surface area contributed by atoms with Gasteiger partial charge in [0.15, 0.2) is 0 Å². The lowest BCUT2D eigenvalue weighted by Crippen LogP contribution is -2.34. The first kappa shape index (κ1) is 22.4. The number of carbonyl (C=O) groups excluding carboxylic acids is 2. The molecule has 33 heavy (non-hydrogen) atoms. The van der Waals surface area contributed by atoms with Crippen molar-refractivity contribution >= 4 is 23.1 Å². The Bertz CT molecular complexity index is 1200.